The van der Waals surface area contributed by atoms with E-state index in [9.17, 15) is 9.59 Å². The summed E-state index contributed by atoms with van der Waals surface area (Å²) >= 11 is 7.24. The van der Waals surface area contributed by atoms with E-state index in [-0.39, 0.29) is 17.2 Å². The van der Waals surface area contributed by atoms with E-state index in [1.54, 1.807) is 30.0 Å². The number of halogens is 1. The van der Waals surface area contributed by atoms with E-state index >= 15 is 0 Å². The highest BCUT2D eigenvalue weighted by Crippen LogP contribution is 2.20. The molecule has 0 aliphatic heterocycles. The molecule has 158 valence electrons. The molecule has 2 heterocycles. The van der Waals surface area contributed by atoms with Crippen molar-refractivity contribution in [3.8, 4) is 11.4 Å². The molecule has 4 rings (SSSR count). The fourth-order valence-corrected chi connectivity index (χ4v) is 3.79. The van der Waals surface area contributed by atoms with Gasteiger partial charge in [0.15, 0.2) is 10.8 Å². The van der Waals surface area contributed by atoms with Crippen LogP contribution in [0.25, 0.3) is 16.7 Å². The van der Waals surface area contributed by atoms with E-state index in [4.69, 9.17) is 16.3 Å². The number of nitrogens with zero attached hydrogens (tertiary/aromatic N) is 3. The van der Waals surface area contributed by atoms with Crippen molar-refractivity contribution in [3.05, 3.63) is 75.7 Å². The Morgan fingerprint density at radius 2 is 2.00 bits per heavy atom. The fraction of sp³-hybridized carbons (Fsp3) is 0.143. The number of amides is 1. The van der Waals surface area contributed by atoms with Gasteiger partial charge in [0.05, 0.1) is 24.7 Å². The lowest BCUT2D eigenvalue weighted by Gasteiger charge is -2.07. The van der Waals surface area contributed by atoms with Gasteiger partial charge in [0, 0.05) is 11.6 Å². The van der Waals surface area contributed by atoms with Gasteiger partial charge in [-0.05, 0) is 35.9 Å². The van der Waals surface area contributed by atoms with Gasteiger partial charge in [0.2, 0.25) is 5.91 Å². The molecular formula is C21H18ClN5O3S. The predicted molar refractivity (Wildman–Crippen MR) is 120 cm³/mol. The summed E-state index contributed by atoms with van der Waals surface area (Å²) in [5.74, 6) is 0.608. The second kappa shape index (κ2) is 9.23. The first-order valence-corrected chi connectivity index (χ1v) is 10.7. The Morgan fingerprint density at radius 1 is 1.23 bits per heavy atom. The first-order valence-electron chi connectivity index (χ1n) is 9.30. The summed E-state index contributed by atoms with van der Waals surface area (Å²) in [6, 6.07) is 14.6. The number of fused-ring (bicyclic) bond motifs is 1. The van der Waals surface area contributed by atoms with Crippen molar-refractivity contribution in [1.29, 1.82) is 0 Å². The number of aromatic amines is 1. The molecule has 0 radical (unpaired) electrons. The smallest absolute Gasteiger partial charge is 0.262 e. The summed E-state index contributed by atoms with van der Waals surface area (Å²) in [6.07, 6.45) is 1.47. The maximum atomic E-state index is 12.4. The molecule has 4 aromatic rings. The summed E-state index contributed by atoms with van der Waals surface area (Å²) in [5.41, 5.74) is 1.66. The van der Waals surface area contributed by atoms with Crippen LogP contribution >= 0.6 is 23.4 Å². The van der Waals surface area contributed by atoms with E-state index in [0.29, 0.717) is 33.5 Å². The summed E-state index contributed by atoms with van der Waals surface area (Å²) in [6.45, 7) is 0.326. The third-order valence-corrected chi connectivity index (χ3v) is 5.75. The molecule has 2 aromatic carbocycles. The van der Waals surface area contributed by atoms with Gasteiger partial charge < -0.3 is 15.0 Å². The molecule has 0 aliphatic carbocycles. The van der Waals surface area contributed by atoms with Crippen LogP contribution < -0.4 is 15.6 Å². The topological polar surface area (TPSA) is 102 Å². The van der Waals surface area contributed by atoms with Crippen molar-refractivity contribution in [3.63, 3.8) is 0 Å². The van der Waals surface area contributed by atoms with E-state index < -0.39 is 0 Å². The Morgan fingerprint density at radius 3 is 2.74 bits per heavy atom. The van der Waals surface area contributed by atoms with Crippen molar-refractivity contribution in [2.45, 2.75) is 11.7 Å². The summed E-state index contributed by atoms with van der Waals surface area (Å²) < 4.78 is 6.75. The second-order valence-electron chi connectivity index (χ2n) is 6.52. The number of benzene rings is 2. The molecule has 0 saturated heterocycles. The summed E-state index contributed by atoms with van der Waals surface area (Å²) in [5, 5.41) is 8.39. The largest absolute Gasteiger partial charge is 0.497 e. The number of rotatable bonds is 7. The summed E-state index contributed by atoms with van der Waals surface area (Å²) in [4.78, 5) is 31.9. The van der Waals surface area contributed by atoms with Gasteiger partial charge in [-0.25, -0.2) is 9.67 Å². The number of carbonyl (C=O) groups is 1. The quantitative estimate of drug-likeness (QED) is 0.328. The molecule has 0 unspecified atom stereocenters. The molecule has 8 nitrogen and oxygen atoms in total. The highest BCUT2D eigenvalue weighted by molar-refractivity contribution is 7.99. The average molecular weight is 456 g/mol. The Labute approximate surface area is 186 Å². The minimum absolute atomic E-state index is 0.0928. The van der Waals surface area contributed by atoms with Crippen LogP contribution in [-0.2, 0) is 11.3 Å². The lowest BCUT2D eigenvalue weighted by molar-refractivity contribution is -0.118. The van der Waals surface area contributed by atoms with E-state index in [2.05, 4.69) is 20.4 Å². The van der Waals surface area contributed by atoms with Crippen molar-refractivity contribution in [1.82, 2.24) is 25.1 Å². The van der Waals surface area contributed by atoms with E-state index in [0.717, 1.165) is 23.0 Å². The van der Waals surface area contributed by atoms with Gasteiger partial charge in [-0.15, -0.1) is 0 Å². The number of aromatic nitrogens is 4. The Hall–Kier alpha value is -3.30. The molecule has 2 aromatic heterocycles. The number of hydrogen-bond donors (Lipinski definition) is 2. The van der Waals surface area contributed by atoms with Gasteiger partial charge in [-0.1, -0.05) is 41.6 Å². The number of ether oxygens (including phenoxy) is 1. The highest BCUT2D eigenvalue weighted by Gasteiger charge is 2.13. The third-order valence-electron chi connectivity index (χ3n) is 4.51. The number of carbonyl (C=O) groups excluding carboxylic acids is 1. The van der Waals surface area contributed by atoms with E-state index in [1.165, 1.54) is 6.20 Å². The van der Waals surface area contributed by atoms with Crippen LogP contribution in [-0.4, -0.2) is 38.5 Å². The van der Waals surface area contributed by atoms with Crippen LogP contribution in [0.3, 0.4) is 0 Å². The van der Waals surface area contributed by atoms with E-state index in [1.807, 2.05) is 30.3 Å². The normalized spacial score (nSPS) is 10.9. The molecule has 0 bridgehead atoms. The minimum Gasteiger partial charge on any atom is -0.497 e. The third kappa shape index (κ3) is 4.73. The Balaban J connectivity index is 1.48. The van der Waals surface area contributed by atoms with Gasteiger partial charge >= 0.3 is 0 Å². The van der Waals surface area contributed by atoms with Crippen molar-refractivity contribution < 1.29 is 9.53 Å². The first-order chi connectivity index (χ1) is 15.0. The lowest BCUT2D eigenvalue weighted by Crippen LogP contribution is -2.25. The zero-order valence-corrected chi connectivity index (χ0v) is 18.0. The number of methoxy groups -OCH3 is 1. The van der Waals surface area contributed by atoms with Crippen LogP contribution in [0.15, 0.2) is 64.7 Å². The number of H-pyrrole nitrogens is 1. The van der Waals surface area contributed by atoms with Crippen LogP contribution in [0, 0.1) is 0 Å². The molecule has 0 atom stereocenters. The second-order valence-corrected chi connectivity index (χ2v) is 7.89. The fourth-order valence-electron chi connectivity index (χ4n) is 2.90. The maximum absolute atomic E-state index is 12.4. The average Bonchev–Trinajstić information content (AvgIpc) is 3.22. The highest BCUT2D eigenvalue weighted by atomic mass is 35.5. The molecule has 0 saturated carbocycles. The minimum atomic E-state index is -0.316. The van der Waals surface area contributed by atoms with Gasteiger partial charge in [0.25, 0.3) is 5.56 Å². The van der Waals surface area contributed by atoms with Crippen LogP contribution in [0.2, 0.25) is 5.02 Å². The molecule has 10 heteroatoms. The molecule has 1 amide bonds. The monoisotopic (exact) mass is 455 g/mol. The molecule has 0 spiro atoms. The lowest BCUT2D eigenvalue weighted by atomic mass is 10.2. The van der Waals surface area contributed by atoms with Crippen LogP contribution in [0.5, 0.6) is 5.75 Å². The van der Waals surface area contributed by atoms with Gasteiger partial charge in [-0.2, -0.15) is 5.10 Å². The number of nitrogens with one attached hydrogen (secondary N) is 2. The van der Waals surface area contributed by atoms with Crippen molar-refractivity contribution in [2.24, 2.45) is 0 Å². The van der Waals surface area contributed by atoms with Crippen LogP contribution in [0.1, 0.15) is 5.56 Å². The number of hydrogen-bond acceptors (Lipinski definition) is 6. The van der Waals surface area contributed by atoms with Crippen LogP contribution in [0.4, 0.5) is 0 Å². The van der Waals surface area contributed by atoms with Crippen molar-refractivity contribution >= 4 is 40.3 Å². The van der Waals surface area contributed by atoms with Crippen molar-refractivity contribution in [2.75, 3.05) is 12.9 Å². The van der Waals surface area contributed by atoms with Gasteiger partial charge in [-0.3, -0.25) is 9.59 Å². The Kier molecular flexibility index (Phi) is 6.24. The molecule has 0 fully saturated rings. The predicted octanol–water partition coefficient (Wildman–Crippen LogP) is 3.18. The zero-order chi connectivity index (χ0) is 21.8. The SMILES string of the molecule is COc1ccc(-n2ncc3c(=O)[nH]c(SCC(=O)NCc4ccccc4Cl)nc32)cc1. The number of thioether (sulfide) groups is 1. The Bertz CT molecular complexity index is 1290. The maximum Gasteiger partial charge on any atom is 0.262 e. The zero-order valence-electron chi connectivity index (χ0n) is 16.5. The molecule has 0 aliphatic rings. The first kappa shape index (κ1) is 21.0. The molecule has 2 N–H and O–H groups in total. The standard InChI is InChI=1S/C21H18ClN5O3S/c1-30-15-8-6-14(7-9-15)27-19-16(11-24-27)20(29)26-21(25-19)31-12-18(28)23-10-13-4-2-3-5-17(13)22/h2-9,11H,10,12H2,1H3,(H,23,28)(H,25,26,29). The summed E-state index contributed by atoms with van der Waals surface area (Å²) in [7, 11) is 1.59. The molecule has 31 heavy (non-hydrogen) atoms. The molecular weight excluding hydrogens is 438 g/mol. The van der Waals surface area contributed by atoms with Gasteiger partial charge in [0.1, 0.15) is 11.1 Å².